The summed E-state index contributed by atoms with van der Waals surface area (Å²) >= 11 is 0. The molecule has 0 spiro atoms. The van der Waals surface area contributed by atoms with Gasteiger partial charge in [-0.15, -0.1) is 0 Å². The van der Waals surface area contributed by atoms with Gasteiger partial charge in [-0.05, 0) is 48.9 Å². The molecule has 6 nitrogen and oxygen atoms in total. The van der Waals surface area contributed by atoms with Gasteiger partial charge in [-0.1, -0.05) is 0 Å². The zero-order valence-corrected chi connectivity index (χ0v) is 12.4. The summed E-state index contributed by atoms with van der Waals surface area (Å²) in [5.74, 6) is 0. The number of nitrogens with one attached hydrogen (secondary N) is 2. The van der Waals surface area contributed by atoms with Gasteiger partial charge in [-0.2, -0.15) is 0 Å². The minimum absolute atomic E-state index is 0.142. The van der Waals surface area contributed by atoms with E-state index in [0.717, 1.165) is 10.9 Å². The Morgan fingerprint density at radius 2 is 1.91 bits per heavy atom. The summed E-state index contributed by atoms with van der Waals surface area (Å²) in [5, 5.41) is 6.35. The van der Waals surface area contributed by atoms with E-state index in [4.69, 9.17) is 4.42 Å². The lowest BCUT2D eigenvalue weighted by atomic mass is 10.1. The molecule has 0 saturated heterocycles. The molecule has 0 aliphatic heterocycles. The molecule has 0 aliphatic rings. The van der Waals surface area contributed by atoms with Crippen molar-refractivity contribution >= 4 is 22.7 Å². The average molecular weight is 309 g/mol. The molecule has 2 N–H and O–H groups in total. The largest absolute Gasteiger partial charge is 0.423 e. The molecule has 116 valence electrons. The van der Waals surface area contributed by atoms with Gasteiger partial charge in [0.25, 0.3) is 0 Å². The fourth-order valence-electron chi connectivity index (χ4n) is 2.25. The van der Waals surface area contributed by atoms with Gasteiger partial charge in [-0.25, -0.2) is 9.59 Å². The van der Waals surface area contributed by atoms with E-state index < -0.39 is 5.63 Å². The number of hydrogen-bond acceptors (Lipinski definition) is 4. The highest BCUT2D eigenvalue weighted by Gasteiger charge is 2.09. The zero-order chi connectivity index (χ0) is 16.2. The zero-order valence-electron chi connectivity index (χ0n) is 12.4. The van der Waals surface area contributed by atoms with Crippen LogP contribution in [-0.4, -0.2) is 11.0 Å². The van der Waals surface area contributed by atoms with E-state index in [1.165, 1.54) is 6.07 Å². The molecule has 3 rings (SSSR count). The summed E-state index contributed by atoms with van der Waals surface area (Å²) in [4.78, 5) is 27.2. The second kappa shape index (κ2) is 6.31. The van der Waals surface area contributed by atoms with Crippen molar-refractivity contribution in [3.63, 3.8) is 0 Å². The Bertz CT molecular complexity index is 890. The van der Waals surface area contributed by atoms with Gasteiger partial charge < -0.3 is 15.1 Å². The Hall–Kier alpha value is -3.15. The van der Waals surface area contributed by atoms with Crippen molar-refractivity contribution in [1.29, 1.82) is 0 Å². The molecular formula is C17H15N3O3. The Balaban J connectivity index is 1.70. The summed E-state index contributed by atoms with van der Waals surface area (Å²) in [5.41, 5.74) is 1.66. The van der Waals surface area contributed by atoms with Gasteiger partial charge in [0.1, 0.15) is 5.58 Å². The van der Waals surface area contributed by atoms with Crippen LogP contribution in [0.2, 0.25) is 0 Å². The lowest BCUT2D eigenvalue weighted by molar-refractivity contribution is 0.249. The first kappa shape index (κ1) is 14.8. The van der Waals surface area contributed by atoms with E-state index >= 15 is 0 Å². The number of rotatable bonds is 3. The van der Waals surface area contributed by atoms with Crippen LogP contribution in [0.15, 0.2) is 64.1 Å². The summed E-state index contributed by atoms with van der Waals surface area (Å²) in [6.45, 7) is 1.89. The number of carbonyl (C=O) groups excluding carboxylic acids is 1. The van der Waals surface area contributed by atoms with Crippen LogP contribution in [0.4, 0.5) is 10.5 Å². The molecule has 1 unspecified atom stereocenters. The first-order chi connectivity index (χ1) is 11.1. The predicted molar refractivity (Wildman–Crippen MR) is 87.3 cm³/mol. The Kier molecular flexibility index (Phi) is 4.05. The molecule has 0 bridgehead atoms. The van der Waals surface area contributed by atoms with Crippen LogP contribution in [-0.2, 0) is 0 Å². The third-order valence-corrected chi connectivity index (χ3v) is 3.43. The maximum Gasteiger partial charge on any atom is 0.336 e. The number of pyridine rings is 1. The molecule has 2 aromatic heterocycles. The quantitative estimate of drug-likeness (QED) is 0.728. The van der Waals surface area contributed by atoms with Crippen molar-refractivity contribution < 1.29 is 9.21 Å². The molecule has 0 saturated carbocycles. The Labute approximate surface area is 132 Å². The molecule has 23 heavy (non-hydrogen) atoms. The minimum Gasteiger partial charge on any atom is -0.423 e. The number of anilines is 1. The molecule has 1 aromatic carbocycles. The van der Waals surface area contributed by atoms with E-state index in [9.17, 15) is 9.59 Å². The Morgan fingerprint density at radius 3 is 2.70 bits per heavy atom. The summed E-state index contributed by atoms with van der Waals surface area (Å²) in [7, 11) is 0. The molecule has 0 aliphatic carbocycles. The van der Waals surface area contributed by atoms with E-state index in [1.807, 2.05) is 19.1 Å². The van der Waals surface area contributed by atoms with Crippen LogP contribution < -0.4 is 16.3 Å². The van der Waals surface area contributed by atoms with E-state index in [-0.39, 0.29) is 12.1 Å². The third kappa shape index (κ3) is 3.55. The molecule has 0 fully saturated rings. The van der Waals surface area contributed by atoms with Gasteiger partial charge in [-0.3, -0.25) is 4.98 Å². The first-order valence-corrected chi connectivity index (χ1v) is 7.13. The van der Waals surface area contributed by atoms with Gasteiger partial charge in [0, 0.05) is 29.5 Å². The molecule has 1 atom stereocenters. The fourth-order valence-corrected chi connectivity index (χ4v) is 2.25. The number of amides is 2. The van der Waals surface area contributed by atoms with Gasteiger partial charge in [0.2, 0.25) is 0 Å². The molecule has 2 amide bonds. The topological polar surface area (TPSA) is 84.2 Å². The fraction of sp³-hybridized carbons (Fsp3) is 0.118. The highest BCUT2D eigenvalue weighted by Crippen LogP contribution is 2.18. The maximum absolute atomic E-state index is 12.1. The second-order valence-electron chi connectivity index (χ2n) is 5.11. The lowest BCUT2D eigenvalue weighted by Gasteiger charge is -2.15. The minimum atomic E-state index is -0.401. The first-order valence-electron chi connectivity index (χ1n) is 7.13. The van der Waals surface area contributed by atoms with E-state index in [0.29, 0.717) is 11.3 Å². The molecular weight excluding hydrogens is 294 g/mol. The number of carbonyl (C=O) groups is 1. The molecule has 6 heteroatoms. The van der Waals surface area contributed by atoms with Gasteiger partial charge >= 0.3 is 11.7 Å². The van der Waals surface area contributed by atoms with Crippen LogP contribution in [0.25, 0.3) is 11.0 Å². The van der Waals surface area contributed by atoms with Gasteiger partial charge in [0.15, 0.2) is 0 Å². The maximum atomic E-state index is 12.1. The predicted octanol–water partition coefficient (Wildman–Crippen LogP) is 3.07. The van der Waals surface area contributed by atoms with Crippen molar-refractivity contribution in [1.82, 2.24) is 10.3 Å². The number of benzene rings is 1. The summed E-state index contributed by atoms with van der Waals surface area (Å²) in [6, 6.07) is 11.3. The van der Waals surface area contributed by atoms with Crippen molar-refractivity contribution in [2.75, 3.05) is 5.32 Å². The smallest absolute Gasteiger partial charge is 0.336 e. The average Bonchev–Trinajstić information content (AvgIpc) is 2.55. The highest BCUT2D eigenvalue weighted by molar-refractivity contribution is 5.92. The summed E-state index contributed by atoms with van der Waals surface area (Å²) in [6.07, 6.45) is 3.37. The van der Waals surface area contributed by atoms with E-state index in [1.54, 1.807) is 36.7 Å². The summed E-state index contributed by atoms with van der Waals surface area (Å²) < 4.78 is 5.05. The van der Waals surface area contributed by atoms with Crippen LogP contribution in [0.3, 0.4) is 0 Å². The van der Waals surface area contributed by atoms with Crippen LogP contribution in [0.5, 0.6) is 0 Å². The Morgan fingerprint density at radius 1 is 1.13 bits per heavy atom. The third-order valence-electron chi connectivity index (χ3n) is 3.43. The second-order valence-corrected chi connectivity index (χ2v) is 5.11. The number of fused-ring (bicyclic) bond motifs is 1. The normalized spacial score (nSPS) is 11.9. The number of aromatic nitrogens is 1. The standard InChI is InChI=1S/C17H15N3O3/c1-11(12-6-8-18-9-7-12)19-17(22)20-14-3-4-15-13(10-14)2-5-16(21)23-15/h2-11H,1H3,(H2,19,20,22). The molecule has 0 radical (unpaired) electrons. The molecule has 2 heterocycles. The van der Waals surface area contributed by atoms with Crippen LogP contribution in [0.1, 0.15) is 18.5 Å². The van der Waals surface area contributed by atoms with Crippen LogP contribution >= 0.6 is 0 Å². The SMILES string of the molecule is CC(NC(=O)Nc1ccc2oc(=O)ccc2c1)c1ccncc1. The van der Waals surface area contributed by atoms with E-state index in [2.05, 4.69) is 15.6 Å². The van der Waals surface area contributed by atoms with Crippen LogP contribution in [0, 0.1) is 0 Å². The van der Waals surface area contributed by atoms with Gasteiger partial charge in [0.05, 0.1) is 6.04 Å². The molecule has 3 aromatic rings. The van der Waals surface area contributed by atoms with Crippen molar-refractivity contribution in [3.8, 4) is 0 Å². The van der Waals surface area contributed by atoms with Crippen molar-refractivity contribution in [2.45, 2.75) is 13.0 Å². The number of hydrogen-bond donors (Lipinski definition) is 2. The van der Waals surface area contributed by atoms with Crippen molar-refractivity contribution in [3.05, 3.63) is 70.8 Å². The number of urea groups is 1. The number of nitrogens with zero attached hydrogens (tertiary/aromatic N) is 1. The highest BCUT2D eigenvalue weighted by atomic mass is 16.4. The monoisotopic (exact) mass is 309 g/mol. The lowest BCUT2D eigenvalue weighted by Crippen LogP contribution is -2.31. The van der Waals surface area contributed by atoms with Crippen molar-refractivity contribution in [2.24, 2.45) is 0 Å².